The minimum Gasteiger partial charge on any atom is -0.497 e. The maximum atomic E-state index is 6.29. The van der Waals surface area contributed by atoms with Crippen LogP contribution in [0.1, 0.15) is 30.9 Å². The van der Waals surface area contributed by atoms with Crippen LogP contribution in [0.15, 0.2) is 18.2 Å². The second-order valence-electron chi connectivity index (χ2n) is 5.05. The van der Waals surface area contributed by atoms with Gasteiger partial charge in [-0.2, -0.15) is 0 Å². The SMILES string of the molecule is COc1ccc(C(N)CCN2CCCC2)c(OC)c1. The third-order valence-electron chi connectivity index (χ3n) is 3.80. The van der Waals surface area contributed by atoms with Crippen LogP contribution in [0.5, 0.6) is 11.5 Å². The number of likely N-dealkylation sites (tertiary alicyclic amines) is 1. The first-order chi connectivity index (χ1) is 9.24. The van der Waals surface area contributed by atoms with Crippen molar-refractivity contribution in [3.05, 3.63) is 23.8 Å². The molecule has 1 aliphatic heterocycles. The first kappa shape index (κ1) is 14.2. The van der Waals surface area contributed by atoms with Gasteiger partial charge in [0, 0.05) is 17.7 Å². The fraction of sp³-hybridized carbons (Fsp3) is 0.600. The summed E-state index contributed by atoms with van der Waals surface area (Å²) in [6.45, 7) is 3.50. The van der Waals surface area contributed by atoms with Gasteiger partial charge in [0.15, 0.2) is 0 Å². The van der Waals surface area contributed by atoms with Gasteiger partial charge in [-0.05, 0) is 45.0 Å². The normalized spacial score (nSPS) is 17.4. The van der Waals surface area contributed by atoms with Crippen LogP contribution in [0.3, 0.4) is 0 Å². The van der Waals surface area contributed by atoms with Crippen molar-refractivity contribution in [2.45, 2.75) is 25.3 Å². The fourth-order valence-corrected chi connectivity index (χ4v) is 2.61. The molecule has 2 N–H and O–H groups in total. The zero-order valence-corrected chi connectivity index (χ0v) is 11.9. The van der Waals surface area contributed by atoms with E-state index in [4.69, 9.17) is 15.2 Å². The first-order valence-corrected chi connectivity index (χ1v) is 6.94. The summed E-state index contributed by atoms with van der Waals surface area (Å²) in [5.74, 6) is 1.61. The van der Waals surface area contributed by atoms with Crippen molar-refractivity contribution in [1.82, 2.24) is 4.90 Å². The molecule has 2 rings (SSSR count). The third kappa shape index (κ3) is 3.61. The van der Waals surface area contributed by atoms with E-state index in [1.165, 1.54) is 25.9 Å². The monoisotopic (exact) mass is 264 g/mol. The van der Waals surface area contributed by atoms with E-state index < -0.39 is 0 Å². The van der Waals surface area contributed by atoms with Gasteiger partial charge in [0.05, 0.1) is 14.2 Å². The van der Waals surface area contributed by atoms with Crippen molar-refractivity contribution in [3.8, 4) is 11.5 Å². The number of ether oxygens (including phenoxy) is 2. The summed E-state index contributed by atoms with van der Waals surface area (Å²) in [5, 5.41) is 0. The first-order valence-electron chi connectivity index (χ1n) is 6.94. The lowest BCUT2D eigenvalue weighted by Crippen LogP contribution is -2.24. The summed E-state index contributed by atoms with van der Waals surface area (Å²) < 4.78 is 10.6. The lowest BCUT2D eigenvalue weighted by Gasteiger charge is -2.20. The molecule has 0 saturated carbocycles. The second-order valence-corrected chi connectivity index (χ2v) is 5.05. The molecule has 0 aromatic heterocycles. The molecule has 1 aromatic rings. The third-order valence-corrected chi connectivity index (χ3v) is 3.80. The molecule has 4 heteroatoms. The second kappa shape index (κ2) is 6.78. The van der Waals surface area contributed by atoms with E-state index in [1.54, 1.807) is 14.2 Å². The molecule has 1 heterocycles. The summed E-state index contributed by atoms with van der Waals surface area (Å²) in [5.41, 5.74) is 7.35. The van der Waals surface area contributed by atoms with Crippen LogP contribution in [0.4, 0.5) is 0 Å². The van der Waals surface area contributed by atoms with E-state index in [0.717, 1.165) is 30.0 Å². The number of rotatable bonds is 6. The molecule has 1 unspecified atom stereocenters. The van der Waals surface area contributed by atoms with E-state index in [1.807, 2.05) is 18.2 Å². The molecule has 106 valence electrons. The molecule has 1 aromatic carbocycles. The van der Waals surface area contributed by atoms with Crippen molar-refractivity contribution in [2.24, 2.45) is 5.73 Å². The van der Waals surface area contributed by atoms with Crippen LogP contribution in [-0.2, 0) is 0 Å². The topological polar surface area (TPSA) is 47.7 Å². The quantitative estimate of drug-likeness (QED) is 0.855. The van der Waals surface area contributed by atoms with Gasteiger partial charge in [-0.25, -0.2) is 0 Å². The Bertz CT molecular complexity index is 403. The Morgan fingerprint density at radius 1 is 1.21 bits per heavy atom. The van der Waals surface area contributed by atoms with Crippen molar-refractivity contribution in [3.63, 3.8) is 0 Å². The number of nitrogens with two attached hydrogens (primary N) is 1. The van der Waals surface area contributed by atoms with Crippen molar-refractivity contribution < 1.29 is 9.47 Å². The van der Waals surface area contributed by atoms with E-state index in [0.29, 0.717) is 0 Å². The van der Waals surface area contributed by atoms with Gasteiger partial charge in [-0.3, -0.25) is 0 Å². The largest absolute Gasteiger partial charge is 0.497 e. The molecule has 0 amide bonds. The Hall–Kier alpha value is -1.26. The van der Waals surface area contributed by atoms with Crippen LogP contribution in [0, 0.1) is 0 Å². The lowest BCUT2D eigenvalue weighted by atomic mass is 10.0. The summed E-state index contributed by atoms with van der Waals surface area (Å²) in [4.78, 5) is 2.48. The highest BCUT2D eigenvalue weighted by Crippen LogP contribution is 2.30. The van der Waals surface area contributed by atoms with Gasteiger partial charge in [0.25, 0.3) is 0 Å². The number of hydrogen-bond donors (Lipinski definition) is 1. The predicted molar refractivity (Wildman–Crippen MR) is 76.8 cm³/mol. The van der Waals surface area contributed by atoms with Crippen molar-refractivity contribution in [1.29, 1.82) is 0 Å². The van der Waals surface area contributed by atoms with Crippen LogP contribution in [-0.4, -0.2) is 38.8 Å². The molecular weight excluding hydrogens is 240 g/mol. The highest BCUT2D eigenvalue weighted by Gasteiger charge is 2.16. The van der Waals surface area contributed by atoms with Gasteiger partial charge in [-0.1, -0.05) is 6.07 Å². The molecule has 19 heavy (non-hydrogen) atoms. The van der Waals surface area contributed by atoms with Crippen LogP contribution < -0.4 is 15.2 Å². The number of nitrogens with zero attached hydrogens (tertiary/aromatic N) is 1. The average molecular weight is 264 g/mol. The minimum absolute atomic E-state index is 0.0152. The van der Waals surface area contributed by atoms with Crippen LogP contribution in [0.25, 0.3) is 0 Å². The molecule has 1 fully saturated rings. The maximum absolute atomic E-state index is 6.29. The highest BCUT2D eigenvalue weighted by molar-refractivity contribution is 5.42. The Morgan fingerprint density at radius 3 is 2.58 bits per heavy atom. The molecule has 0 spiro atoms. The van der Waals surface area contributed by atoms with Gasteiger partial charge in [-0.15, -0.1) is 0 Å². The van der Waals surface area contributed by atoms with Gasteiger partial charge in [0.2, 0.25) is 0 Å². The molecule has 1 aliphatic rings. The Labute approximate surface area is 115 Å². The summed E-state index contributed by atoms with van der Waals surface area (Å²) >= 11 is 0. The van der Waals surface area contributed by atoms with Crippen molar-refractivity contribution >= 4 is 0 Å². The Kier molecular flexibility index (Phi) is 5.05. The predicted octanol–water partition coefficient (Wildman–Crippen LogP) is 2.19. The molecule has 0 bridgehead atoms. The van der Waals surface area contributed by atoms with Crippen molar-refractivity contribution in [2.75, 3.05) is 33.9 Å². The van der Waals surface area contributed by atoms with Gasteiger partial charge in [0.1, 0.15) is 11.5 Å². The fourth-order valence-electron chi connectivity index (χ4n) is 2.61. The van der Waals surface area contributed by atoms with E-state index in [9.17, 15) is 0 Å². The summed E-state index contributed by atoms with van der Waals surface area (Å²) in [6, 6.07) is 5.85. The van der Waals surface area contributed by atoms with Gasteiger partial charge >= 0.3 is 0 Å². The molecular formula is C15H24N2O2. The zero-order valence-electron chi connectivity index (χ0n) is 11.9. The number of methoxy groups -OCH3 is 2. The lowest BCUT2D eigenvalue weighted by molar-refractivity contribution is 0.319. The summed E-state index contributed by atoms with van der Waals surface area (Å²) in [7, 11) is 3.33. The van der Waals surface area contributed by atoms with Gasteiger partial charge < -0.3 is 20.1 Å². The molecule has 0 radical (unpaired) electrons. The maximum Gasteiger partial charge on any atom is 0.127 e. The Morgan fingerprint density at radius 2 is 1.95 bits per heavy atom. The van der Waals surface area contributed by atoms with E-state index >= 15 is 0 Å². The molecule has 0 aliphatic carbocycles. The van der Waals surface area contributed by atoms with E-state index in [2.05, 4.69) is 4.90 Å². The average Bonchev–Trinajstić information content (AvgIpc) is 2.97. The van der Waals surface area contributed by atoms with Crippen LogP contribution >= 0.6 is 0 Å². The smallest absolute Gasteiger partial charge is 0.127 e. The minimum atomic E-state index is 0.0152. The number of hydrogen-bond acceptors (Lipinski definition) is 4. The Balaban J connectivity index is 1.98. The highest BCUT2D eigenvalue weighted by atomic mass is 16.5. The zero-order chi connectivity index (χ0) is 13.7. The van der Waals surface area contributed by atoms with E-state index in [-0.39, 0.29) is 6.04 Å². The van der Waals surface area contributed by atoms with Crippen LogP contribution in [0.2, 0.25) is 0 Å². The molecule has 1 atom stereocenters. The standard InChI is InChI=1S/C15H24N2O2/c1-18-12-5-6-13(15(11-12)19-2)14(16)7-10-17-8-3-4-9-17/h5-6,11,14H,3-4,7-10,16H2,1-2H3. The molecule has 4 nitrogen and oxygen atoms in total. The summed E-state index contributed by atoms with van der Waals surface area (Å²) in [6.07, 6.45) is 3.60. The number of benzene rings is 1. The molecule has 1 saturated heterocycles.